The molecule has 0 radical (unpaired) electrons. The highest BCUT2D eigenvalue weighted by Crippen LogP contribution is 2.20. The van der Waals surface area contributed by atoms with Gasteiger partial charge in [0.2, 0.25) is 0 Å². The summed E-state index contributed by atoms with van der Waals surface area (Å²) in [4.78, 5) is 4.52. The first-order chi connectivity index (χ1) is 11.3. The highest BCUT2D eigenvalue weighted by molar-refractivity contribution is 6.10. The van der Waals surface area contributed by atoms with Crippen molar-refractivity contribution < 1.29 is 9.47 Å². The first-order valence-corrected chi connectivity index (χ1v) is 8.51. The molecular formula is C20H27NO2. The van der Waals surface area contributed by atoms with Crippen molar-refractivity contribution in [1.82, 2.24) is 0 Å². The maximum absolute atomic E-state index is 5.73. The average molecular weight is 313 g/mol. The van der Waals surface area contributed by atoms with E-state index in [4.69, 9.17) is 9.47 Å². The molecular weight excluding hydrogens is 286 g/mol. The number of hydrogen-bond acceptors (Lipinski definition) is 3. The smallest absolute Gasteiger partial charge is 0.119 e. The van der Waals surface area contributed by atoms with Gasteiger partial charge in [-0.15, -0.1) is 0 Å². The summed E-state index contributed by atoms with van der Waals surface area (Å²) < 4.78 is 11.0. The Morgan fingerprint density at radius 1 is 1.04 bits per heavy atom. The molecule has 0 bridgehead atoms. The van der Waals surface area contributed by atoms with E-state index in [9.17, 15) is 0 Å². The number of benzene rings is 1. The van der Waals surface area contributed by atoms with Crippen LogP contribution in [0.5, 0.6) is 5.75 Å². The van der Waals surface area contributed by atoms with Crippen molar-refractivity contribution >= 4 is 11.8 Å². The van der Waals surface area contributed by atoms with Crippen LogP contribution in [0, 0.1) is 0 Å². The Morgan fingerprint density at radius 2 is 1.83 bits per heavy atom. The van der Waals surface area contributed by atoms with E-state index >= 15 is 0 Å². The predicted octanol–water partition coefficient (Wildman–Crippen LogP) is 5.03. The fourth-order valence-corrected chi connectivity index (χ4v) is 2.39. The average Bonchev–Trinajstić information content (AvgIpc) is 2.68. The maximum atomic E-state index is 5.73. The van der Waals surface area contributed by atoms with Crippen LogP contribution in [-0.2, 0) is 4.74 Å². The largest absolute Gasteiger partial charge is 0.494 e. The van der Waals surface area contributed by atoms with Crippen LogP contribution in [0.15, 0.2) is 47.1 Å². The molecule has 0 unspecified atom stereocenters. The first kappa shape index (κ1) is 17.5. The highest BCUT2D eigenvalue weighted by atomic mass is 16.5. The van der Waals surface area contributed by atoms with Gasteiger partial charge < -0.3 is 9.47 Å². The van der Waals surface area contributed by atoms with Gasteiger partial charge in [0.05, 0.1) is 6.61 Å². The molecule has 3 heteroatoms. The van der Waals surface area contributed by atoms with Crippen LogP contribution in [0.3, 0.4) is 0 Å². The summed E-state index contributed by atoms with van der Waals surface area (Å²) in [5.74, 6) is 0.905. The van der Waals surface area contributed by atoms with Gasteiger partial charge in [0.15, 0.2) is 0 Å². The molecule has 0 N–H and O–H groups in total. The summed E-state index contributed by atoms with van der Waals surface area (Å²) in [6.07, 6.45) is 10.7. The molecule has 1 aromatic rings. The lowest BCUT2D eigenvalue weighted by atomic mass is 10.0. The molecule has 2 rings (SSSR count). The molecule has 0 atom stereocenters. The highest BCUT2D eigenvalue weighted by Gasteiger charge is 2.02. The second kappa shape index (κ2) is 10.0. The van der Waals surface area contributed by atoms with Gasteiger partial charge in [-0.1, -0.05) is 24.3 Å². The van der Waals surface area contributed by atoms with Gasteiger partial charge >= 0.3 is 0 Å². The summed E-state index contributed by atoms with van der Waals surface area (Å²) in [7, 11) is 0. The number of allylic oxidation sites excluding steroid dienone is 4. The molecule has 124 valence electrons. The van der Waals surface area contributed by atoms with Gasteiger partial charge in [-0.3, -0.25) is 4.99 Å². The number of aliphatic imine (C=N–C) groups is 1. The van der Waals surface area contributed by atoms with Gasteiger partial charge in [-0.25, -0.2) is 0 Å². The first-order valence-electron chi connectivity index (χ1n) is 8.51. The Bertz CT molecular complexity index is 556. The van der Waals surface area contributed by atoms with E-state index in [-0.39, 0.29) is 0 Å². The molecule has 3 nitrogen and oxygen atoms in total. The standard InChI is InChI=1S/C20H27NO2/c1-3-22-14-7-15-23-20-12-10-18(11-13-20)19-9-6-4-5-8-17(2)21-16-19/h8-13,16H,3-7,14-15H2,1-2H3/b17-8+,19-9-,21-16-. The zero-order valence-electron chi connectivity index (χ0n) is 14.3. The van der Waals surface area contributed by atoms with E-state index in [2.05, 4.69) is 36.2 Å². The molecule has 1 aliphatic rings. The second-order valence-electron chi connectivity index (χ2n) is 5.62. The van der Waals surface area contributed by atoms with Crippen LogP contribution < -0.4 is 4.74 Å². The van der Waals surface area contributed by atoms with Crippen molar-refractivity contribution in [3.05, 3.63) is 47.7 Å². The van der Waals surface area contributed by atoms with Crippen LogP contribution in [0.2, 0.25) is 0 Å². The SMILES string of the molecule is CCOCCCOc1ccc(C2=C\CCC/C=C(C)/N=C\2)cc1. The van der Waals surface area contributed by atoms with Gasteiger partial charge in [0.1, 0.15) is 5.75 Å². The molecule has 0 amide bonds. The third-order valence-corrected chi connectivity index (χ3v) is 3.71. The summed E-state index contributed by atoms with van der Waals surface area (Å²) in [6, 6.07) is 8.26. The number of nitrogens with zero attached hydrogens (tertiary/aromatic N) is 1. The van der Waals surface area contributed by atoms with Gasteiger partial charge in [-0.05, 0) is 56.4 Å². The number of ether oxygens (including phenoxy) is 2. The van der Waals surface area contributed by atoms with E-state index in [1.54, 1.807) is 0 Å². The minimum Gasteiger partial charge on any atom is -0.494 e. The molecule has 0 aromatic heterocycles. The minimum absolute atomic E-state index is 0.688. The van der Waals surface area contributed by atoms with Gasteiger partial charge in [-0.2, -0.15) is 0 Å². The Balaban J connectivity index is 1.94. The zero-order valence-corrected chi connectivity index (χ0v) is 14.3. The Morgan fingerprint density at radius 3 is 2.61 bits per heavy atom. The molecule has 23 heavy (non-hydrogen) atoms. The molecule has 0 aliphatic carbocycles. The molecule has 1 aromatic carbocycles. The topological polar surface area (TPSA) is 30.8 Å². The van der Waals surface area contributed by atoms with Crippen molar-refractivity contribution in [1.29, 1.82) is 0 Å². The van der Waals surface area contributed by atoms with E-state index < -0.39 is 0 Å². The van der Waals surface area contributed by atoms with Crippen LogP contribution in [0.1, 0.15) is 45.1 Å². The van der Waals surface area contributed by atoms with Crippen LogP contribution in [0.4, 0.5) is 0 Å². The van der Waals surface area contributed by atoms with Crippen molar-refractivity contribution in [2.75, 3.05) is 19.8 Å². The van der Waals surface area contributed by atoms with Crippen molar-refractivity contribution in [3.8, 4) is 5.75 Å². The Kier molecular flexibility index (Phi) is 7.61. The normalized spacial score (nSPS) is 21.1. The van der Waals surface area contributed by atoms with Crippen molar-refractivity contribution in [2.45, 2.75) is 39.5 Å². The molecule has 0 fully saturated rings. The summed E-state index contributed by atoms with van der Waals surface area (Å²) >= 11 is 0. The molecule has 1 aliphatic heterocycles. The fraction of sp³-hybridized carbons (Fsp3) is 0.450. The van der Waals surface area contributed by atoms with Crippen LogP contribution >= 0.6 is 0 Å². The van der Waals surface area contributed by atoms with E-state index in [1.165, 1.54) is 17.6 Å². The summed E-state index contributed by atoms with van der Waals surface area (Å²) in [6.45, 7) is 6.27. The molecule has 1 heterocycles. The minimum atomic E-state index is 0.688. The van der Waals surface area contributed by atoms with Crippen LogP contribution in [0.25, 0.3) is 5.57 Å². The lowest BCUT2D eigenvalue weighted by Gasteiger charge is -2.08. The lowest BCUT2D eigenvalue weighted by molar-refractivity contribution is 0.131. The summed E-state index contributed by atoms with van der Waals surface area (Å²) in [5.41, 5.74) is 3.46. The lowest BCUT2D eigenvalue weighted by Crippen LogP contribution is -2.02. The van der Waals surface area contributed by atoms with E-state index in [1.807, 2.05) is 25.3 Å². The third kappa shape index (κ3) is 6.41. The zero-order chi connectivity index (χ0) is 16.3. The number of rotatable bonds is 7. The van der Waals surface area contributed by atoms with Gasteiger partial charge in [0, 0.05) is 31.5 Å². The van der Waals surface area contributed by atoms with Crippen molar-refractivity contribution in [3.63, 3.8) is 0 Å². The molecule has 0 saturated carbocycles. The predicted molar refractivity (Wildman–Crippen MR) is 97.1 cm³/mol. The quantitative estimate of drug-likeness (QED) is 0.661. The monoisotopic (exact) mass is 313 g/mol. The molecule has 0 saturated heterocycles. The van der Waals surface area contributed by atoms with E-state index in [0.29, 0.717) is 6.61 Å². The maximum Gasteiger partial charge on any atom is 0.119 e. The van der Waals surface area contributed by atoms with E-state index in [0.717, 1.165) is 43.9 Å². The van der Waals surface area contributed by atoms with Crippen LogP contribution in [-0.4, -0.2) is 26.0 Å². The fourth-order valence-electron chi connectivity index (χ4n) is 2.39. The number of hydrogen-bond donors (Lipinski definition) is 0. The second-order valence-corrected chi connectivity index (χ2v) is 5.62. The van der Waals surface area contributed by atoms with Crippen molar-refractivity contribution in [2.24, 2.45) is 4.99 Å². The summed E-state index contributed by atoms with van der Waals surface area (Å²) in [5, 5.41) is 0. The third-order valence-electron chi connectivity index (χ3n) is 3.71. The van der Waals surface area contributed by atoms with Gasteiger partial charge in [0.25, 0.3) is 0 Å². The molecule has 0 spiro atoms. The Hall–Kier alpha value is -1.87. The Labute approximate surface area is 139 Å².